The normalized spacial score (nSPS) is 8.43. The number of phosphoric acid groups is 1. The van der Waals surface area contributed by atoms with Crippen molar-refractivity contribution in [3.8, 4) is 0 Å². The van der Waals surface area contributed by atoms with Crippen LogP contribution in [0.3, 0.4) is 0 Å². The summed E-state index contributed by atoms with van der Waals surface area (Å²) in [6, 6.07) is 0. The Bertz CT molecular complexity index is 55.8. The molecule has 0 atom stereocenters. The van der Waals surface area contributed by atoms with Crippen LogP contribution in [0.1, 0.15) is 0 Å². The van der Waals surface area contributed by atoms with Crippen LogP contribution in [0.15, 0.2) is 0 Å². The standard InChI is InChI=1S/H3N.H3O4P.P/c;1-5(2,3)4;/h1H3;(H3,1,2,3,4);/q;;+2/p-2. The lowest BCUT2D eigenvalue weighted by Crippen LogP contribution is -2.11. The molecule has 0 rings (SSSR count). The molecule has 0 aliphatic rings. The van der Waals surface area contributed by atoms with Gasteiger partial charge in [-0.25, -0.2) is 0 Å². The average Bonchev–Trinajstić information content (AvgIpc) is 0.722. The first-order valence-electron chi connectivity index (χ1n) is 0.748. The summed E-state index contributed by atoms with van der Waals surface area (Å²) in [6.07, 6.45) is 0. The molecule has 0 spiro atoms. The van der Waals surface area contributed by atoms with E-state index in [2.05, 4.69) is 0 Å². The Balaban J connectivity index is -0.0000000800. The summed E-state index contributed by atoms with van der Waals surface area (Å²) >= 11 is 0. The molecule has 0 aromatic heterocycles. The first-order chi connectivity index (χ1) is 2.00. The van der Waals surface area contributed by atoms with E-state index in [1.165, 1.54) is 0 Å². The summed E-state index contributed by atoms with van der Waals surface area (Å²) in [7, 11) is -5.14. The van der Waals surface area contributed by atoms with Crippen LogP contribution in [0.2, 0.25) is 0 Å². The van der Waals surface area contributed by atoms with Gasteiger partial charge in [-0.2, -0.15) is 0 Å². The fourth-order valence-electron chi connectivity index (χ4n) is 0. The number of hydrogen-bond donors (Lipinski definition) is 2. The molecule has 0 saturated heterocycles. The van der Waals surface area contributed by atoms with Crippen molar-refractivity contribution in [2.45, 2.75) is 0 Å². The SMILES string of the molecule is N.O=P([O-])([O-])O.[P+2]. The molecule has 5 nitrogen and oxygen atoms in total. The van der Waals surface area contributed by atoms with Gasteiger partial charge < -0.3 is 25.4 Å². The Labute approximate surface area is 44.2 Å². The molecule has 7 heteroatoms. The van der Waals surface area contributed by atoms with Crippen LogP contribution in [0.4, 0.5) is 0 Å². The van der Waals surface area contributed by atoms with Gasteiger partial charge in [-0.3, -0.25) is 0 Å². The van der Waals surface area contributed by atoms with Gasteiger partial charge in [0.05, 0.1) is 7.82 Å². The van der Waals surface area contributed by atoms with E-state index in [-0.39, 0.29) is 16.0 Å². The maximum absolute atomic E-state index is 8.66. The van der Waals surface area contributed by atoms with Crippen molar-refractivity contribution in [2.75, 3.05) is 0 Å². The molecule has 0 aliphatic carbocycles. The van der Waals surface area contributed by atoms with Crippen molar-refractivity contribution in [1.82, 2.24) is 6.15 Å². The van der Waals surface area contributed by atoms with Crippen molar-refractivity contribution in [2.24, 2.45) is 0 Å². The van der Waals surface area contributed by atoms with Crippen molar-refractivity contribution in [3.63, 3.8) is 0 Å². The first kappa shape index (κ1) is 15.7. The third-order valence-corrected chi connectivity index (χ3v) is 0. The molecule has 0 heterocycles. The second kappa shape index (κ2) is 4.53. The summed E-state index contributed by atoms with van der Waals surface area (Å²) in [6.45, 7) is 0. The van der Waals surface area contributed by atoms with E-state index in [9.17, 15) is 0 Å². The van der Waals surface area contributed by atoms with Crippen LogP contribution in [-0.4, -0.2) is 4.89 Å². The van der Waals surface area contributed by atoms with Gasteiger partial charge in [0.25, 0.3) is 0 Å². The maximum Gasteiger partial charge on any atom is 2.00 e. The van der Waals surface area contributed by atoms with Crippen molar-refractivity contribution >= 4 is 17.7 Å². The summed E-state index contributed by atoms with van der Waals surface area (Å²) in [5.41, 5.74) is 0. The lowest BCUT2D eigenvalue weighted by Gasteiger charge is -2.19. The summed E-state index contributed by atoms with van der Waals surface area (Å²) in [4.78, 5) is 24.3. The number of rotatable bonds is 0. The molecule has 0 aromatic carbocycles. The third kappa shape index (κ3) is 889. The Kier molecular flexibility index (Phi) is 10.1. The van der Waals surface area contributed by atoms with Crippen LogP contribution >= 0.6 is 17.7 Å². The Morgan fingerprint density at radius 3 is 1.43 bits per heavy atom. The zero-order valence-corrected chi connectivity index (χ0v) is 5.06. The van der Waals surface area contributed by atoms with Crippen molar-refractivity contribution in [3.05, 3.63) is 0 Å². The lowest BCUT2D eigenvalue weighted by molar-refractivity contribution is -0.337. The van der Waals surface area contributed by atoms with Crippen molar-refractivity contribution < 1.29 is 19.2 Å². The van der Waals surface area contributed by atoms with E-state index in [0.717, 1.165) is 0 Å². The molecular weight excluding hydrogens is 140 g/mol. The second-order valence-electron chi connectivity index (χ2n) is 0.469. The molecule has 0 bridgehead atoms. The van der Waals surface area contributed by atoms with Gasteiger partial charge in [0, 0.05) is 0 Å². The van der Waals surface area contributed by atoms with E-state index in [4.69, 9.17) is 19.2 Å². The highest BCUT2D eigenvalue weighted by atomic mass is 31.2. The molecule has 0 amide bonds. The van der Waals surface area contributed by atoms with Crippen LogP contribution in [-0.2, 0) is 4.57 Å². The molecule has 0 saturated carbocycles. The predicted octanol–water partition coefficient (Wildman–Crippen LogP) is -1.17. The van der Waals surface area contributed by atoms with Crippen LogP contribution in [0.5, 0.6) is 0 Å². The number of hydrogen-bond acceptors (Lipinski definition) is 4. The van der Waals surface area contributed by atoms with Gasteiger partial charge in [-0.05, 0) is 0 Å². The lowest BCUT2D eigenvalue weighted by atomic mass is 14.0. The average molecular weight is 144 g/mol. The maximum atomic E-state index is 8.66. The van der Waals surface area contributed by atoms with Gasteiger partial charge in [0.1, 0.15) is 0 Å². The molecule has 0 fully saturated rings. The van der Waals surface area contributed by atoms with Gasteiger partial charge in [-0.15, -0.1) is 0 Å². The highest BCUT2D eigenvalue weighted by Gasteiger charge is 2.00. The Morgan fingerprint density at radius 2 is 1.43 bits per heavy atom. The van der Waals surface area contributed by atoms with Gasteiger partial charge in [0.15, 0.2) is 0 Å². The summed E-state index contributed by atoms with van der Waals surface area (Å²) in [5.74, 6) is 0. The highest BCUT2D eigenvalue weighted by molar-refractivity contribution is 7.42. The van der Waals surface area contributed by atoms with E-state index in [0.29, 0.717) is 0 Å². The zero-order valence-electron chi connectivity index (χ0n) is 3.27. The Hall–Kier alpha value is 0.370. The van der Waals surface area contributed by atoms with Crippen LogP contribution in [0.25, 0.3) is 0 Å². The van der Waals surface area contributed by atoms with Crippen LogP contribution < -0.4 is 15.9 Å². The van der Waals surface area contributed by atoms with Gasteiger partial charge in [-0.1, -0.05) is 0 Å². The third-order valence-electron chi connectivity index (χ3n) is 0. The summed E-state index contributed by atoms with van der Waals surface area (Å²) < 4.78 is 8.66. The monoisotopic (exact) mass is 144 g/mol. The first-order valence-corrected chi connectivity index (χ1v) is 2.24. The minimum Gasteiger partial charge on any atom is -0.790 e. The molecule has 43 valence electrons. The molecular formula is H4NO4P2. The highest BCUT2D eigenvalue weighted by Crippen LogP contribution is 2.11. The van der Waals surface area contributed by atoms with E-state index in [1.807, 2.05) is 0 Å². The predicted molar refractivity (Wildman–Crippen MR) is 21.8 cm³/mol. The second-order valence-corrected chi connectivity index (χ2v) is 1.41. The smallest absolute Gasteiger partial charge is 0.790 e. The van der Waals surface area contributed by atoms with Crippen LogP contribution in [0, 0.1) is 0 Å². The quantitative estimate of drug-likeness (QED) is 0.415. The minimum absolute atomic E-state index is 0. The van der Waals surface area contributed by atoms with Gasteiger partial charge in [0.2, 0.25) is 0 Å². The molecule has 0 aromatic rings. The Morgan fingerprint density at radius 1 is 1.43 bits per heavy atom. The minimum atomic E-state index is -5.14. The molecule has 0 unspecified atom stereocenters. The van der Waals surface area contributed by atoms with E-state index >= 15 is 0 Å². The van der Waals surface area contributed by atoms with Crippen molar-refractivity contribution in [1.29, 1.82) is 0 Å². The topological polar surface area (TPSA) is 118 Å². The van der Waals surface area contributed by atoms with Gasteiger partial charge >= 0.3 is 9.90 Å². The fourth-order valence-corrected chi connectivity index (χ4v) is 0. The molecule has 3 radical (unpaired) electrons. The zero-order chi connectivity index (χ0) is 4.50. The van der Waals surface area contributed by atoms with E-state index in [1.54, 1.807) is 0 Å². The largest absolute Gasteiger partial charge is 2.00 e. The molecule has 7 heavy (non-hydrogen) atoms. The molecule has 0 aliphatic heterocycles. The van der Waals surface area contributed by atoms with E-state index < -0.39 is 7.82 Å². The summed E-state index contributed by atoms with van der Waals surface area (Å²) in [5, 5.41) is 0. The molecule has 4 N–H and O–H groups in total. The fraction of sp³-hybridized carbons (Fsp3) is 0.